The van der Waals surface area contributed by atoms with Crippen molar-refractivity contribution in [2.75, 3.05) is 6.61 Å². The van der Waals surface area contributed by atoms with Gasteiger partial charge in [0.25, 0.3) is 5.56 Å². The van der Waals surface area contributed by atoms with E-state index in [9.17, 15) is 23.1 Å². The van der Waals surface area contributed by atoms with Crippen molar-refractivity contribution in [1.29, 1.82) is 0 Å². The molecule has 2 atom stereocenters. The zero-order chi connectivity index (χ0) is 19.8. The van der Waals surface area contributed by atoms with Gasteiger partial charge in [0.15, 0.2) is 0 Å². The second-order valence-corrected chi connectivity index (χ2v) is 8.56. The first kappa shape index (κ1) is 19.5. The topological polar surface area (TPSA) is 112 Å². The fraction of sp³-hybridized carbons (Fsp3) is 0.444. The third kappa shape index (κ3) is 3.50. The Morgan fingerprint density at radius 1 is 1.19 bits per heavy atom. The molecule has 0 saturated carbocycles. The molecule has 1 fully saturated rings. The van der Waals surface area contributed by atoms with E-state index < -0.39 is 33.5 Å². The highest BCUT2D eigenvalue weighted by molar-refractivity contribution is 7.89. The number of benzene rings is 1. The molecule has 8 nitrogen and oxygen atoms in total. The molecule has 27 heavy (non-hydrogen) atoms. The Kier molecular flexibility index (Phi) is 5.36. The maximum atomic E-state index is 13.3. The zero-order valence-electron chi connectivity index (χ0n) is 15.3. The lowest BCUT2D eigenvalue weighted by atomic mass is 10.2. The van der Waals surface area contributed by atoms with Gasteiger partial charge < -0.3 is 5.11 Å². The van der Waals surface area contributed by atoms with Crippen LogP contribution >= 0.6 is 0 Å². The van der Waals surface area contributed by atoms with Gasteiger partial charge in [0.05, 0.1) is 17.5 Å². The number of aromatic nitrogens is 2. The van der Waals surface area contributed by atoms with Crippen LogP contribution in [0.3, 0.4) is 0 Å². The van der Waals surface area contributed by atoms with E-state index in [1.807, 2.05) is 6.92 Å². The van der Waals surface area contributed by atoms with Crippen LogP contribution in [0.4, 0.5) is 0 Å². The van der Waals surface area contributed by atoms with Crippen LogP contribution in [0.25, 0.3) is 0 Å². The van der Waals surface area contributed by atoms with Crippen LogP contribution in [0, 0.1) is 6.92 Å². The van der Waals surface area contributed by atoms with Crippen molar-refractivity contribution in [1.82, 2.24) is 13.9 Å². The third-order valence-corrected chi connectivity index (χ3v) is 6.93. The molecule has 1 aromatic carbocycles. The van der Waals surface area contributed by atoms with Crippen molar-refractivity contribution < 1.29 is 13.5 Å². The molecule has 1 saturated heterocycles. The number of hydrogen-bond acceptors (Lipinski definition) is 5. The summed E-state index contributed by atoms with van der Waals surface area (Å²) in [6, 6.07) is 5.80. The molecule has 0 spiro atoms. The van der Waals surface area contributed by atoms with Gasteiger partial charge in [0.1, 0.15) is 6.17 Å². The number of aryl methyl sites for hydroxylation is 2. The van der Waals surface area contributed by atoms with E-state index in [1.165, 1.54) is 27.2 Å². The molecular formula is C18H23N3O5S. The van der Waals surface area contributed by atoms with Gasteiger partial charge in [0.2, 0.25) is 10.0 Å². The van der Waals surface area contributed by atoms with Gasteiger partial charge in [-0.05, 0) is 38.3 Å². The van der Waals surface area contributed by atoms with Gasteiger partial charge >= 0.3 is 5.69 Å². The summed E-state index contributed by atoms with van der Waals surface area (Å²) < 4.78 is 29.0. The predicted molar refractivity (Wildman–Crippen MR) is 100 cm³/mol. The van der Waals surface area contributed by atoms with Crippen molar-refractivity contribution in [3.05, 3.63) is 62.4 Å². The number of aliphatic hydroxyl groups is 1. The molecule has 0 amide bonds. The Balaban J connectivity index is 2.13. The number of sulfonamides is 1. The Morgan fingerprint density at radius 2 is 1.85 bits per heavy atom. The summed E-state index contributed by atoms with van der Waals surface area (Å²) in [5.41, 5.74) is 0.193. The average Bonchev–Trinajstić information content (AvgIpc) is 3.07. The molecule has 1 aliphatic heterocycles. The fourth-order valence-corrected chi connectivity index (χ4v) is 5.28. The van der Waals surface area contributed by atoms with Gasteiger partial charge in [-0.1, -0.05) is 24.6 Å². The predicted octanol–water partition coefficient (Wildman–Crippen LogP) is 0.752. The molecule has 0 radical (unpaired) electrons. The lowest BCUT2D eigenvalue weighted by Crippen LogP contribution is -2.45. The van der Waals surface area contributed by atoms with Gasteiger partial charge in [-0.25, -0.2) is 13.2 Å². The summed E-state index contributed by atoms with van der Waals surface area (Å²) in [4.78, 5) is 26.6. The summed E-state index contributed by atoms with van der Waals surface area (Å²) in [5.74, 6) is 0. The summed E-state index contributed by atoms with van der Waals surface area (Å²) in [6.45, 7) is 3.30. The number of rotatable bonds is 5. The van der Waals surface area contributed by atoms with E-state index in [1.54, 1.807) is 19.1 Å². The minimum Gasteiger partial charge on any atom is -0.395 e. The standard InChI is InChI=1S/C18H23N3O5S/c1-3-13-10-20(18(24)19-17(13)23)16-9-6-14(11-22)21(16)27(25,26)15-7-4-12(2)5-8-15/h4-5,7-8,10,14,16,22H,3,6,9,11H2,1-2H3,(H,19,23,24)/t14-,16+/m0/s1. The van der Waals surface area contributed by atoms with Crippen LogP contribution in [-0.4, -0.2) is 40.0 Å². The Morgan fingerprint density at radius 3 is 2.44 bits per heavy atom. The summed E-state index contributed by atoms with van der Waals surface area (Å²) >= 11 is 0. The summed E-state index contributed by atoms with van der Waals surface area (Å²) in [7, 11) is -3.94. The Hall–Kier alpha value is -2.23. The van der Waals surface area contributed by atoms with Crippen molar-refractivity contribution in [3.63, 3.8) is 0 Å². The number of hydrogen-bond donors (Lipinski definition) is 2. The van der Waals surface area contributed by atoms with E-state index >= 15 is 0 Å². The minimum atomic E-state index is -3.94. The summed E-state index contributed by atoms with van der Waals surface area (Å²) in [6.07, 6.45) is 1.81. The van der Waals surface area contributed by atoms with E-state index in [-0.39, 0.29) is 11.5 Å². The van der Waals surface area contributed by atoms with Crippen LogP contribution in [0.5, 0.6) is 0 Å². The molecule has 1 aromatic heterocycles. The highest BCUT2D eigenvalue weighted by Crippen LogP contribution is 2.36. The van der Waals surface area contributed by atoms with Crippen LogP contribution in [0.1, 0.15) is 37.1 Å². The van der Waals surface area contributed by atoms with E-state index in [4.69, 9.17) is 0 Å². The molecule has 146 valence electrons. The third-order valence-electron chi connectivity index (χ3n) is 4.96. The normalized spacial score (nSPS) is 20.9. The molecular weight excluding hydrogens is 370 g/mol. The second kappa shape index (κ2) is 7.41. The zero-order valence-corrected chi connectivity index (χ0v) is 16.1. The van der Waals surface area contributed by atoms with Crippen LogP contribution < -0.4 is 11.2 Å². The monoisotopic (exact) mass is 393 g/mol. The van der Waals surface area contributed by atoms with E-state index in [2.05, 4.69) is 4.98 Å². The van der Waals surface area contributed by atoms with Crippen LogP contribution in [-0.2, 0) is 16.4 Å². The van der Waals surface area contributed by atoms with Gasteiger partial charge in [-0.3, -0.25) is 14.3 Å². The first-order valence-corrected chi connectivity index (χ1v) is 10.3. The maximum Gasteiger partial charge on any atom is 0.329 e. The molecule has 1 aliphatic rings. The first-order chi connectivity index (χ1) is 12.8. The lowest BCUT2D eigenvalue weighted by molar-refractivity contribution is 0.175. The van der Waals surface area contributed by atoms with E-state index in [0.717, 1.165) is 5.56 Å². The lowest BCUT2D eigenvalue weighted by Gasteiger charge is -2.29. The number of nitrogens with zero attached hydrogens (tertiary/aromatic N) is 2. The van der Waals surface area contributed by atoms with E-state index in [0.29, 0.717) is 24.8 Å². The number of aromatic amines is 1. The smallest absolute Gasteiger partial charge is 0.329 e. The second-order valence-electron chi connectivity index (χ2n) is 6.72. The van der Waals surface area contributed by atoms with Crippen molar-refractivity contribution in [3.8, 4) is 0 Å². The van der Waals surface area contributed by atoms with Gasteiger partial charge in [-0.2, -0.15) is 4.31 Å². The molecule has 2 N–H and O–H groups in total. The molecule has 2 aromatic rings. The van der Waals surface area contributed by atoms with Crippen LogP contribution in [0.2, 0.25) is 0 Å². The number of nitrogens with one attached hydrogen (secondary N) is 1. The highest BCUT2D eigenvalue weighted by Gasteiger charge is 2.43. The first-order valence-electron chi connectivity index (χ1n) is 8.85. The molecule has 3 rings (SSSR count). The number of H-pyrrole nitrogens is 1. The molecule has 0 aliphatic carbocycles. The average molecular weight is 393 g/mol. The Labute approximate surface area is 157 Å². The SMILES string of the molecule is CCc1cn([C@H]2CC[C@@H](CO)N2S(=O)(=O)c2ccc(C)cc2)c(=O)[nH]c1=O. The maximum absolute atomic E-state index is 13.3. The molecule has 0 bridgehead atoms. The highest BCUT2D eigenvalue weighted by atomic mass is 32.2. The summed E-state index contributed by atoms with van der Waals surface area (Å²) in [5, 5.41) is 9.72. The Bertz CT molecular complexity index is 1040. The molecule has 2 heterocycles. The van der Waals surface area contributed by atoms with Crippen molar-refractivity contribution in [2.45, 2.75) is 50.2 Å². The number of aliphatic hydroxyl groups excluding tert-OH is 1. The molecule has 0 unspecified atom stereocenters. The fourth-order valence-electron chi connectivity index (χ4n) is 3.46. The van der Waals surface area contributed by atoms with Crippen molar-refractivity contribution in [2.24, 2.45) is 0 Å². The molecule has 9 heteroatoms. The quantitative estimate of drug-likeness (QED) is 0.778. The van der Waals surface area contributed by atoms with Crippen LogP contribution in [0.15, 0.2) is 44.9 Å². The minimum absolute atomic E-state index is 0.103. The van der Waals surface area contributed by atoms with Gasteiger partial charge in [-0.15, -0.1) is 0 Å². The van der Waals surface area contributed by atoms with Crippen molar-refractivity contribution >= 4 is 10.0 Å². The van der Waals surface area contributed by atoms with Gasteiger partial charge in [0, 0.05) is 11.8 Å². The largest absolute Gasteiger partial charge is 0.395 e.